The summed E-state index contributed by atoms with van der Waals surface area (Å²) < 4.78 is 2.17. The van der Waals surface area contributed by atoms with Crippen LogP contribution in [0.1, 0.15) is 0 Å². The van der Waals surface area contributed by atoms with Gasteiger partial charge in [0, 0.05) is 33.2 Å². The first-order chi connectivity index (χ1) is 30.2. The average molecular weight is 778 g/mol. The maximum atomic E-state index is 5.43. The van der Waals surface area contributed by atoms with Gasteiger partial charge in [-0.2, -0.15) is 5.10 Å². The standard InChI is InChI=1S/C58H39N3/c1-6-18-40(19-7-1)53-37-51(38-54(59-53)41-20-8-2-9-21-41)48-31-17-29-46(35-48)45-28-16-30-47(34-45)49-32-33-50-39-55(42-22-10-3-11-23-42)61-58(52(50)36-49)56(43-24-12-4-13-25-43)57(60-61)44-26-14-5-15-27-44/h1-39H. The van der Waals surface area contributed by atoms with E-state index in [-0.39, 0.29) is 0 Å². The molecule has 0 saturated heterocycles. The molecule has 0 N–H and O–H groups in total. The summed E-state index contributed by atoms with van der Waals surface area (Å²) in [5.41, 5.74) is 18.6. The van der Waals surface area contributed by atoms with Gasteiger partial charge < -0.3 is 0 Å². The number of nitrogens with zero attached hydrogens (tertiary/aromatic N) is 3. The van der Waals surface area contributed by atoms with E-state index in [1.807, 2.05) is 12.1 Å². The number of pyridine rings is 2. The fourth-order valence-corrected chi connectivity index (χ4v) is 8.57. The zero-order valence-electron chi connectivity index (χ0n) is 33.4. The van der Waals surface area contributed by atoms with Crippen LogP contribution in [-0.2, 0) is 0 Å². The number of fused-ring (bicyclic) bond motifs is 3. The second kappa shape index (κ2) is 15.6. The van der Waals surface area contributed by atoms with E-state index < -0.39 is 0 Å². The van der Waals surface area contributed by atoms with Crippen molar-refractivity contribution in [2.75, 3.05) is 0 Å². The van der Waals surface area contributed by atoms with Crippen molar-refractivity contribution in [3.05, 3.63) is 237 Å². The molecule has 0 fully saturated rings. The van der Waals surface area contributed by atoms with Crippen molar-refractivity contribution in [3.8, 4) is 89.5 Å². The van der Waals surface area contributed by atoms with Crippen LogP contribution >= 0.6 is 0 Å². The molecule has 11 aromatic rings. The van der Waals surface area contributed by atoms with Crippen LogP contribution in [0.5, 0.6) is 0 Å². The smallest absolute Gasteiger partial charge is 0.101 e. The summed E-state index contributed by atoms with van der Waals surface area (Å²) in [6, 6.07) is 84.1. The molecule has 0 atom stereocenters. The zero-order chi connectivity index (χ0) is 40.5. The SMILES string of the molecule is c1ccc(-c2cc(-c3cccc(-c4cccc(-c5ccc6cc(-c7ccccc7)n7nc(-c8ccccc8)c(-c8ccccc8)c7c6c5)c4)c3)cc(-c3ccccc3)n2)cc1. The van der Waals surface area contributed by atoms with Gasteiger partial charge in [0.2, 0.25) is 0 Å². The van der Waals surface area contributed by atoms with Gasteiger partial charge >= 0.3 is 0 Å². The predicted octanol–water partition coefficient (Wildman–Crippen LogP) is 15.2. The summed E-state index contributed by atoms with van der Waals surface area (Å²) >= 11 is 0. The molecule has 8 aromatic carbocycles. The Morgan fingerprint density at radius 1 is 0.295 bits per heavy atom. The van der Waals surface area contributed by atoms with Gasteiger partial charge in [0.25, 0.3) is 0 Å². The summed E-state index contributed by atoms with van der Waals surface area (Å²) in [4.78, 5) is 5.12. The maximum Gasteiger partial charge on any atom is 0.101 e. The van der Waals surface area contributed by atoms with Crippen LogP contribution in [0, 0.1) is 0 Å². The number of hydrogen-bond acceptors (Lipinski definition) is 2. The maximum absolute atomic E-state index is 5.43. The van der Waals surface area contributed by atoms with E-state index in [9.17, 15) is 0 Å². The Bertz CT molecular complexity index is 3260. The summed E-state index contributed by atoms with van der Waals surface area (Å²) in [6.45, 7) is 0. The molecule has 0 spiro atoms. The average Bonchev–Trinajstić information content (AvgIpc) is 3.76. The molecule has 3 nitrogen and oxygen atoms in total. The van der Waals surface area contributed by atoms with Crippen LogP contribution in [0.15, 0.2) is 237 Å². The Hall–Kier alpha value is -8.14. The number of aromatic nitrogens is 3. The summed E-state index contributed by atoms with van der Waals surface area (Å²) in [7, 11) is 0. The van der Waals surface area contributed by atoms with Gasteiger partial charge in [-0.3, -0.25) is 0 Å². The van der Waals surface area contributed by atoms with E-state index in [1.165, 1.54) is 0 Å². The Balaban J connectivity index is 1.05. The Labute approximate surface area is 355 Å². The quantitative estimate of drug-likeness (QED) is 0.154. The van der Waals surface area contributed by atoms with Crippen molar-refractivity contribution in [2.45, 2.75) is 0 Å². The molecule has 0 radical (unpaired) electrons. The molecule has 3 heteroatoms. The highest BCUT2D eigenvalue weighted by Gasteiger charge is 2.22. The summed E-state index contributed by atoms with van der Waals surface area (Å²) in [5, 5.41) is 7.75. The lowest BCUT2D eigenvalue weighted by molar-refractivity contribution is 0.979. The molecule has 61 heavy (non-hydrogen) atoms. The first-order valence-corrected chi connectivity index (χ1v) is 20.7. The van der Waals surface area contributed by atoms with Crippen LogP contribution in [0.25, 0.3) is 106 Å². The van der Waals surface area contributed by atoms with Crippen molar-refractivity contribution in [1.29, 1.82) is 0 Å². The van der Waals surface area contributed by atoms with Crippen molar-refractivity contribution in [1.82, 2.24) is 14.6 Å². The molecule has 0 aliphatic heterocycles. The summed E-state index contributed by atoms with van der Waals surface area (Å²) in [5.74, 6) is 0. The summed E-state index contributed by atoms with van der Waals surface area (Å²) in [6.07, 6.45) is 0. The molecule has 3 aromatic heterocycles. The largest absolute Gasteiger partial charge is 0.248 e. The van der Waals surface area contributed by atoms with Gasteiger partial charge in [0.1, 0.15) is 5.69 Å². The van der Waals surface area contributed by atoms with E-state index in [2.05, 4.69) is 229 Å². The predicted molar refractivity (Wildman–Crippen MR) is 254 cm³/mol. The topological polar surface area (TPSA) is 30.2 Å². The molecule has 0 unspecified atom stereocenters. The second-order valence-corrected chi connectivity index (χ2v) is 15.4. The van der Waals surface area contributed by atoms with E-state index in [0.29, 0.717) is 0 Å². The highest BCUT2D eigenvalue weighted by atomic mass is 15.2. The molecule has 0 bridgehead atoms. The number of hydrogen-bond donors (Lipinski definition) is 0. The fraction of sp³-hybridized carbons (Fsp3) is 0. The Morgan fingerprint density at radius 2 is 0.721 bits per heavy atom. The van der Waals surface area contributed by atoms with Crippen LogP contribution < -0.4 is 0 Å². The fourth-order valence-electron chi connectivity index (χ4n) is 8.57. The molecule has 0 aliphatic carbocycles. The van der Waals surface area contributed by atoms with E-state index >= 15 is 0 Å². The molecular weight excluding hydrogens is 739 g/mol. The zero-order valence-corrected chi connectivity index (χ0v) is 33.4. The minimum atomic E-state index is 0.954. The minimum Gasteiger partial charge on any atom is -0.248 e. The van der Waals surface area contributed by atoms with Crippen molar-refractivity contribution >= 4 is 16.3 Å². The molecule has 286 valence electrons. The van der Waals surface area contributed by atoms with E-state index in [0.717, 1.165) is 106 Å². The third kappa shape index (κ3) is 6.88. The molecule has 11 rings (SSSR count). The van der Waals surface area contributed by atoms with Gasteiger partial charge in [0.15, 0.2) is 0 Å². The van der Waals surface area contributed by atoms with Crippen LogP contribution in [-0.4, -0.2) is 14.6 Å². The normalized spacial score (nSPS) is 11.3. The molecular formula is C58H39N3. The van der Waals surface area contributed by atoms with Gasteiger partial charge in [-0.25, -0.2) is 9.50 Å². The lowest BCUT2D eigenvalue weighted by Crippen LogP contribution is -1.96. The van der Waals surface area contributed by atoms with Crippen molar-refractivity contribution in [2.24, 2.45) is 0 Å². The molecule has 3 heterocycles. The van der Waals surface area contributed by atoms with Crippen molar-refractivity contribution < 1.29 is 0 Å². The van der Waals surface area contributed by atoms with Gasteiger partial charge in [0.05, 0.1) is 22.6 Å². The third-order valence-electron chi connectivity index (χ3n) is 11.6. The highest BCUT2D eigenvalue weighted by molar-refractivity contribution is 6.09. The Kier molecular flexibility index (Phi) is 9.18. The van der Waals surface area contributed by atoms with E-state index in [4.69, 9.17) is 10.1 Å². The minimum absolute atomic E-state index is 0.954. The van der Waals surface area contributed by atoms with E-state index in [1.54, 1.807) is 0 Å². The third-order valence-corrected chi connectivity index (χ3v) is 11.6. The van der Waals surface area contributed by atoms with Crippen LogP contribution in [0.3, 0.4) is 0 Å². The lowest BCUT2D eigenvalue weighted by Gasteiger charge is -2.13. The van der Waals surface area contributed by atoms with Gasteiger partial charge in [-0.1, -0.05) is 200 Å². The molecule has 0 amide bonds. The first kappa shape index (κ1) is 36.0. The van der Waals surface area contributed by atoms with Gasteiger partial charge in [-0.15, -0.1) is 0 Å². The molecule has 0 saturated carbocycles. The van der Waals surface area contributed by atoms with Crippen LogP contribution in [0.4, 0.5) is 0 Å². The van der Waals surface area contributed by atoms with Gasteiger partial charge in [-0.05, 0) is 80.7 Å². The Morgan fingerprint density at radius 3 is 1.25 bits per heavy atom. The molecule has 0 aliphatic rings. The highest BCUT2D eigenvalue weighted by Crippen LogP contribution is 2.42. The van der Waals surface area contributed by atoms with Crippen LogP contribution in [0.2, 0.25) is 0 Å². The lowest BCUT2D eigenvalue weighted by atomic mass is 9.93. The number of rotatable bonds is 8. The monoisotopic (exact) mass is 777 g/mol. The first-order valence-electron chi connectivity index (χ1n) is 20.7. The second-order valence-electron chi connectivity index (χ2n) is 15.4. The van der Waals surface area contributed by atoms with Crippen molar-refractivity contribution in [3.63, 3.8) is 0 Å². The number of benzene rings is 8.